The number of amides is 1. The van der Waals surface area contributed by atoms with Gasteiger partial charge in [-0.05, 0) is 37.1 Å². The minimum Gasteiger partial charge on any atom is -0.469 e. The molecule has 0 bridgehead atoms. The first-order chi connectivity index (χ1) is 15.8. The molecular weight excluding hydrogens is 444 g/mol. The topological polar surface area (TPSA) is 142 Å². The number of nitrogens with one attached hydrogen (secondary N) is 1. The van der Waals surface area contributed by atoms with Crippen LogP contribution < -0.4 is 11.2 Å². The molecule has 4 rings (SSSR count). The fourth-order valence-corrected chi connectivity index (χ4v) is 4.22. The summed E-state index contributed by atoms with van der Waals surface area (Å²) in [6.07, 6.45) is 1.53. The molecule has 2 heterocycles. The van der Waals surface area contributed by atoms with Crippen LogP contribution in [0.25, 0.3) is 11.4 Å². The molecule has 0 aliphatic rings. The van der Waals surface area contributed by atoms with Gasteiger partial charge in [0.2, 0.25) is 11.1 Å². The van der Waals surface area contributed by atoms with Gasteiger partial charge in [-0.25, -0.2) is 4.68 Å². The van der Waals surface area contributed by atoms with E-state index in [1.807, 2.05) is 6.07 Å². The SMILES string of the molecule is Cc1ccc(NC(=O)[C@H](Sc2nnc(-c3ccoc3C)n2N)c2ccccc2)c([N+](=O)[O-])c1. The number of carbonyl (C=O) groups is 1. The second-order valence-corrected chi connectivity index (χ2v) is 8.31. The number of nitro benzene ring substituents is 1. The highest BCUT2D eigenvalue weighted by atomic mass is 32.2. The van der Waals surface area contributed by atoms with Crippen LogP contribution in [0.4, 0.5) is 11.4 Å². The van der Waals surface area contributed by atoms with Crippen molar-refractivity contribution in [1.82, 2.24) is 14.9 Å². The highest BCUT2D eigenvalue weighted by molar-refractivity contribution is 8.00. The number of aryl methyl sites for hydroxylation is 2. The lowest BCUT2D eigenvalue weighted by Crippen LogP contribution is -2.21. The van der Waals surface area contributed by atoms with Crippen LogP contribution in [0, 0.1) is 24.0 Å². The number of thioether (sulfide) groups is 1. The number of nitrogen functional groups attached to an aromatic ring is 1. The second-order valence-electron chi connectivity index (χ2n) is 7.24. The van der Waals surface area contributed by atoms with E-state index in [1.165, 1.54) is 23.1 Å². The van der Waals surface area contributed by atoms with Crippen LogP contribution in [-0.2, 0) is 4.79 Å². The van der Waals surface area contributed by atoms with E-state index in [0.29, 0.717) is 33.4 Å². The Kier molecular flexibility index (Phi) is 6.13. The number of aromatic nitrogens is 3. The minimum absolute atomic E-state index is 0.112. The zero-order valence-electron chi connectivity index (χ0n) is 17.8. The summed E-state index contributed by atoms with van der Waals surface area (Å²) in [6.45, 7) is 3.53. The van der Waals surface area contributed by atoms with Crippen molar-refractivity contribution in [2.45, 2.75) is 24.3 Å². The van der Waals surface area contributed by atoms with E-state index in [-0.39, 0.29) is 11.4 Å². The van der Waals surface area contributed by atoms with Crippen molar-refractivity contribution in [3.8, 4) is 11.4 Å². The van der Waals surface area contributed by atoms with Crippen molar-refractivity contribution >= 4 is 29.0 Å². The molecule has 0 unspecified atom stereocenters. The van der Waals surface area contributed by atoms with Crippen molar-refractivity contribution in [2.75, 3.05) is 11.2 Å². The Balaban J connectivity index is 1.67. The van der Waals surface area contributed by atoms with E-state index in [9.17, 15) is 14.9 Å². The van der Waals surface area contributed by atoms with Gasteiger partial charge in [-0.1, -0.05) is 48.2 Å². The minimum atomic E-state index is -0.795. The van der Waals surface area contributed by atoms with Crippen LogP contribution in [0.1, 0.15) is 22.1 Å². The summed E-state index contributed by atoms with van der Waals surface area (Å²) in [5.74, 6) is 6.80. The van der Waals surface area contributed by atoms with Gasteiger partial charge in [-0.3, -0.25) is 14.9 Å². The van der Waals surface area contributed by atoms with Crippen LogP contribution in [0.15, 0.2) is 70.4 Å². The van der Waals surface area contributed by atoms with Crippen LogP contribution in [0.2, 0.25) is 0 Å². The number of nitro groups is 1. The molecule has 2 aromatic heterocycles. The smallest absolute Gasteiger partial charge is 0.293 e. The molecule has 33 heavy (non-hydrogen) atoms. The third-order valence-corrected chi connectivity index (χ3v) is 6.15. The molecular formula is C22H20N6O4S. The molecule has 0 aliphatic heterocycles. The van der Waals surface area contributed by atoms with Crippen LogP contribution >= 0.6 is 11.8 Å². The van der Waals surface area contributed by atoms with Crippen LogP contribution in [0.5, 0.6) is 0 Å². The normalized spacial score (nSPS) is 11.8. The fourth-order valence-electron chi connectivity index (χ4n) is 3.26. The molecule has 10 nitrogen and oxygen atoms in total. The second kappa shape index (κ2) is 9.17. The molecule has 2 aromatic carbocycles. The van der Waals surface area contributed by atoms with Crippen molar-refractivity contribution in [1.29, 1.82) is 0 Å². The quantitative estimate of drug-likeness (QED) is 0.179. The largest absolute Gasteiger partial charge is 0.469 e. The Labute approximate surface area is 192 Å². The number of nitrogens with zero attached hydrogens (tertiary/aromatic N) is 4. The molecule has 3 N–H and O–H groups in total. The molecule has 11 heteroatoms. The number of anilines is 1. The van der Waals surface area contributed by atoms with Crippen molar-refractivity contribution < 1.29 is 14.1 Å². The number of furan rings is 1. The van der Waals surface area contributed by atoms with Gasteiger partial charge in [0.25, 0.3) is 5.69 Å². The predicted octanol–water partition coefficient (Wildman–Crippen LogP) is 4.25. The van der Waals surface area contributed by atoms with Crippen molar-refractivity contribution in [3.63, 3.8) is 0 Å². The molecule has 168 valence electrons. The third-order valence-electron chi connectivity index (χ3n) is 4.94. The summed E-state index contributed by atoms with van der Waals surface area (Å²) in [4.78, 5) is 24.3. The molecule has 0 saturated carbocycles. The molecule has 0 spiro atoms. The first-order valence-electron chi connectivity index (χ1n) is 9.87. The zero-order valence-corrected chi connectivity index (χ0v) is 18.6. The van der Waals surface area contributed by atoms with Gasteiger partial charge in [0, 0.05) is 6.07 Å². The summed E-state index contributed by atoms with van der Waals surface area (Å²) in [6, 6.07) is 15.4. The summed E-state index contributed by atoms with van der Waals surface area (Å²) >= 11 is 1.09. The maximum Gasteiger partial charge on any atom is 0.293 e. The number of hydrogen-bond donors (Lipinski definition) is 2. The van der Waals surface area contributed by atoms with E-state index >= 15 is 0 Å². The van der Waals surface area contributed by atoms with E-state index < -0.39 is 16.1 Å². The van der Waals surface area contributed by atoms with Gasteiger partial charge in [0.15, 0.2) is 5.82 Å². The average Bonchev–Trinajstić information content (AvgIpc) is 3.38. The summed E-state index contributed by atoms with van der Waals surface area (Å²) in [5, 5.41) is 22.0. The van der Waals surface area contributed by atoms with Gasteiger partial charge >= 0.3 is 0 Å². The van der Waals surface area contributed by atoms with E-state index in [0.717, 1.165) is 11.8 Å². The van der Waals surface area contributed by atoms with Crippen molar-refractivity contribution in [2.24, 2.45) is 0 Å². The Morgan fingerprint density at radius 1 is 1.18 bits per heavy atom. The highest BCUT2D eigenvalue weighted by Crippen LogP contribution is 2.37. The molecule has 0 fully saturated rings. The number of hydrogen-bond acceptors (Lipinski definition) is 8. The Morgan fingerprint density at radius 2 is 1.94 bits per heavy atom. The van der Waals surface area contributed by atoms with Gasteiger partial charge in [-0.15, -0.1) is 10.2 Å². The standard InChI is InChI=1S/C22H20N6O4S/c1-13-8-9-17(18(12-13)28(30)31)24-21(29)19(15-6-4-3-5-7-15)33-22-26-25-20(27(22)23)16-10-11-32-14(16)2/h3-12,19H,23H2,1-2H3,(H,24,29)/t19-/m1/s1. The van der Waals surface area contributed by atoms with E-state index in [4.69, 9.17) is 10.3 Å². The zero-order chi connectivity index (χ0) is 23.5. The number of rotatable bonds is 7. The Morgan fingerprint density at radius 3 is 2.61 bits per heavy atom. The van der Waals surface area contributed by atoms with Crippen LogP contribution in [0.3, 0.4) is 0 Å². The highest BCUT2D eigenvalue weighted by Gasteiger charge is 2.28. The summed E-state index contributed by atoms with van der Waals surface area (Å²) in [5.41, 5.74) is 2.01. The third kappa shape index (κ3) is 4.58. The van der Waals surface area contributed by atoms with Gasteiger partial charge in [0.1, 0.15) is 16.7 Å². The molecule has 1 amide bonds. The summed E-state index contributed by atoms with van der Waals surface area (Å²) in [7, 11) is 0. The first kappa shape index (κ1) is 22.1. The number of carbonyl (C=O) groups excluding carboxylic acids is 1. The molecule has 0 aliphatic carbocycles. The lowest BCUT2D eigenvalue weighted by atomic mass is 10.1. The molecule has 4 aromatic rings. The number of benzene rings is 2. The van der Waals surface area contributed by atoms with Gasteiger partial charge < -0.3 is 15.6 Å². The number of nitrogens with two attached hydrogens (primary N) is 1. The lowest BCUT2D eigenvalue weighted by molar-refractivity contribution is -0.384. The van der Waals surface area contributed by atoms with Gasteiger partial charge in [0.05, 0.1) is 16.7 Å². The maximum absolute atomic E-state index is 13.3. The molecule has 0 radical (unpaired) electrons. The monoisotopic (exact) mass is 464 g/mol. The molecule has 1 atom stereocenters. The van der Waals surface area contributed by atoms with Crippen LogP contribution in [-0.4, -0.2) is 25.7 Å². The lowest BCUT2D eigenvalue weighted by Gasteiger charge is -2.16. The maximum atomic E-state index is 13.3. The Hall–Kier alpha value is -4.12. The van der Waals surface area contributed by atoms with Crippen molar-refractivity contribution in [3.05, 3.63) is 87.9 Å². The fraction of sp³-hybridized carbons (Fsp3) is 0.136. The Bertz CT molecular complexity index is 1320. The predicted molar refractivity (Wildman–Crippen MR) is 124 cm³/mol. The molecule has 0 saturated heterocycles. The summed E-state index contributed by atoms with van der Waals surface area (Å²) < 4.78 is 6.61. The van der Waals surface area contributed by atoms with E-state index in [2.05, 4.69) is 15.5 Å². The first-order valence-corrected chi connectivity index (χ1v) is 10.8. The van der Waals surface area contributed by atoms with E-state index in [1.54, 1.807) is 50.2 Å². The van der Waals surface area contributed by atoms with Gasteiger partial charge in [-0.2, -0.15) is 0 Å². The average molecular weight is 465 g/mol.